The maximum absolute atomic E-state index is 11.8. The monoisotopic (exact) mass is 265 g/mol. The molecule has 1 aromatic rings. The Bertz CT molecular complexity index is 393. The Morgan fingerprint density at radius 3 is 2.79 bits per heavy atom. The van der Waals surface area contributed by atoms with Gasteiger partial charge in [-0.15, -0.1) is 0 Å². The first-order chi connectivity index (χ1) is 9.15. The minimum absolute atomic E-state index is 0.0975. The van der Waals surface area contributed by atoms with Crippen LogP contribution in [0.25, 0.3) is 0 Å². The third-order valence-electron chi connectivity index (χ3n) is 2.74. The highest BCUT2D eigenvalue weighted by molar-refractivity contribution is 5.80. The molecule has 0 heterocycles. The number of hydrogen-bond donors (Lipinski definition) is 1. The van der Waals surface area contributed by atoms with E-state index in [1.54, 1.807) is 6.92 Å². The molecule has 1 amide bonds. The van der Waals surface area contributed by atoms with E-state index in [1.165, 1.54) is 0 Å². The number of hydrogen-bond acceptors (Lipinski definition) is 3. The number of aryl methyl sites for hydroxylation is 1. The molecule has 0 saturated carbocycles. The Labute approximate surface area is 115 Å². The van der Waals surface area contributed by atoms with Gasteiger partial charge in [0.05, 0.1) is 0 Å². The Morgan fingerprint density at radius 2 is 2.11 bits per heavy atom. The largest absolute Gasteiger partial charge is 0.481 e. The summed E-state index contributed by atoms with van der Waals surface area (Å²) in [5.41, 5.74) is 1.03. The van der Waals surface area contributed by atoms with Gasteiger partial charge in [-0.1, -0.05) is 18.2 Å². The fraction of sp³-hybridized carbons (Fsp3) is 0.533. The van der Waals surface area contributed by atoms with Gasteiger partial charge >= 0.3 is 0 Å². The van der Waals surface area contributed by atoms with Gasteiger partial charge in [-0.25, -0.2) is 0 Å². The standard InChI is InChI=1S/C15H23NO3/c1-4-18-11-7-10-16-15(17)13(3)19-14-9-6-5-8-12(14)2/h5-6,8-9,13H,4,7,10-11H2,1-3H3,(H,16,17)/t13-/m0/s1. The van der Waals surface area contributed by atoms with E-state index >= 15 is 0 Å². The summed E-state index contributed by atoms with van der Waals surface area (Å²) >= 11 is 0. The molecule has 106 valence electrons. The molecule has 0 aliphatic carbocycles. The summed E-state index contributed by atoms with van der Waals surface area (Å²) < 4.78 is 10.8. The van der Waals surface area contributed by atoms with Crippen LogP contribution in [0.5, 0.6) is 5.75 Å². The molecule has 0 fully saturated rings. The van der Waals surface area contributed by atoms with Crippen LogP contribution in [0.15, 0.2) is 24.3 Å². The number of rotatable bonds is 8. The second-order valence-corrected chi connectivity index (χ2v) is 4.37. The molecule has 19 heavy (non-hydrogen) atoms. The fourth-order valence-corrected chi connectivity index (χ4v) is 1.61. The first kappa shape index (κ1) is 15.5. The van der Waals surface area contributed by atoms with Crippen LogP contribution in [-0.4, -0.2) is 31.8 Å². The number of benzene rings is 1. The van der Waals surface area contributed by atoms with Crippen LogP contribution >= 0.6 is 0 Å². The van der Waals surface area contributed by atoms with Crippen molar-refractivity contribution in [2.24, 2.45) is 0 Å². The first-order valence-electron chi connectivity index (χ1n) is 6.73. The van der Waals surface area contributed by atoms with E-state index in [0.29, 0.717) is 19.8 Å². The molecule has 1 atom stereocenters. The quantitative estimate of drug-likeness (QED) is 0.734. The van der Waals surface area contributed by atoms with Crippen molar-refractivity contribution in [2.45, 2.75) is 33.3 Å². The van der Waals surface area contributed by atoms with Crippen molar-refractivity contribution in [1.82, 2.24) is 5.32 Å². The fourth-order valence-electron chi connectivity index (χ4n) is 1.61. The molecule has 0 aliphatic heterocycles. The summed E-state index contributed by atoms with van der Waals surface area (Å²) in [5.74, 6) is 0.652. The predicted octanol–water partition coefficient (Wildman–Crippen LogP) is 2.31. The van der Waals surface area contributed by atoms with Crippen LogP contribution in [0.3, 0.4) is 0 Å². The Balaban J connectivity index is 2.31. The Hall–Kier alpha value is -1.55. The van der Waals surface area contributed by atoms with Crippen molar-refractivity contribution in [3.05, 3.63) is 29.8 Å². The summed E-state index contributed by atoms with van der Waals surface area (Å²) in [5, 5.41) is 2.84. The lowest BCUT2D eigenvalue weighted by atomic mass is 10.2. The molecule has 4 heteroatoms. The number of amides is 1. The van der Waals surface area contributed by atoms with Crippen molar-refractivity contribution in [1.29, 1.82) is 0 Å². The molecule has 1 aromatic carbocycles. The highest BCUT2D eigenvalue weighted by Gasteiger charge is 2.14. The number of nitrogens with one attached hydrogen (secondary N) is 1. The zero-order valence-electron chi connectivity index (χ0n) is 11.9. The lowest BCUT2D eigenvalue weighted by Gasteiger charge is -2.16. The van der Waals surface area contributed by atoms with Gasteiger partial charge in [-0.2, -0.15) is 0 Å². The topological polar surface area (TPSA) is 47.6 Å². The number of ether oxygens (including phenoxy) is 2. The molecule has 0 unspecified atom stereocenters. The van der Waals surface area contributed by atoms with Crippen molar-refractivity contribution in [3.8, 4) is 5.75 Å². The average Bonchev–Trinajstić information content (AvgIpc) is 2.41. The molecule has 0 aromatic heterocycles. The SMILES string of the molecule is CCOCCCNC(=O)[C@H](C)Oc1ccccc1C. The molecule has 0 saturated heterocycles. The van der Waals surface area contributed by atoms with Crippen LogP contribution in [-0.2, 0) is 9.53 Å². The van der Waals surface area contributed by atoms with E-state index in [2.05, 4.69) is 5.32 Å². The van der Waals surface area contributed by atoms with Crippen LogP contribution in [0.1, 0.15) is 25.8 Å². The predicted molar refractivity (Wildman–Crippen MR) is 75.4 cm³/mol. The molecule has 0 bridgehead atoms. The van der Waals surface area contributed by atoms with E-state index in [9.17, 15) is 4.79 Å². The van der Waals surface area contributed by atoms with E-state index in [4.69, 9.17) is 9.47 Å². The molecule has 0 aliphatic rings. The average molecular weight is 265 g/mol. The van der Waals surface area contributed by atoms with Gasteiger partial charge in [0.1, 0.15) is 5.75 Å². The summed E-state index contributed by atoms with van der Waals surface area (Å²) in [7, 11) is 0. The third-order valence-corrected chi connectivity index (χ3v) is 2.74. The summed E-state index contributed by atoms with van der Waals surface area (Å²) in [6, 6.07) is 7.67. The molecule has 1 rings (SSSR count). The minimum atomic E-state index is -0.492. The summed E-state index contributed by atoms with van der Waals surface area (Å²) in [6.07, 6.45) is 0.324. The van der Waals surface area contributed by atoms with Gasteiger partial charge < -0.3 is 14.8 Å². The van der Waals surface area contributed by atoms with E-state index < -0.39 is 6.10 Å². The maximum atomic E-state index is 11.8. The summed E-state index contributed by atoms with van der Waals surface area (Å²) in [6.45, 7) is 7.66. The number of para-hydroxylation sites is 1. The van der Waals surface area contributed by atoms with Gasteiger partial charge in [-0.3, -0.25) is 4.79 Å². The molecule has 0 radical (unpaired) electrons. The highest BCUT2D eigenvalue weighted by atomic mass is 16.5. The highest BCUT2D eigenvalue weighted by Crippen LogP contribution is 2.17. The van der Waals surface area contributed by atoms with E-state index in [1.807, 2.05) is 38.1 Å². The van der Waals surface area contributed by atoms with Crippen LogP contribution in [0.2, 0.25) is 0 Å². The maximum Gasteiger partial charge on any atom is 0.260 e. The number of carbonyl (C=O) groups is 1. The second-order valence-electron chi connectivity index (χ2n) is 4.37. The molecule has 0 spiro atoms. The lowest BCUT2D eigenvalue weighted by molar-refractivity contribution is -0.127. The normalized spacial score (nSPS) is 11.9. The zero-order chi connectivity index (χ0) is 14.1. The van der Waals surface area contributed by atoms with Crippen molar-refractivity contribution >= 4 is 5.91 Å². The van der Waals surface area contributed by atoms with Crippen LogP contribution in [0, 0.1) is 6.92 Å². The molecular formula is C15H23NO3. The van der Waals surface area contributed by atoms with Crippen LogP contribution in [0.4, 0.5) is 0 Å². The van der Waals surface area contributed by atoms with Gasteiger partial charge in [0.25, 0.3) is 5.91 Å². The third kappa shape index (κ3) is 5.75. The molecular weight excluding hydrogens is 242 g/mol. The number of carbonyl (C=O) groups excluding carboxylic acids is 1. The second kappa shape index (κ2) is 8.53. The summed E-state index contributed by atoms with van der Waals surface area (Å²) in [4.78, 5) is 11.8. The van der Waals surface area contributed by atoms with Crippen LogP contribution < -0.4 is 10.1 Å². The molecule has 1 N–H and O–H groups in total. The Morgan fingerprint density at radius 1 is 1.37 bits per heavy atom. The minimum Gasteiger partial charge on any atom is -0.481 e. The Kier molecular flexibility index (Phi) is 6.97. The van der Waals surface area contributed by atoms with Gasteiger partial charge in [0.2, 0.25) is 0 Å². The van der Waals surface area contributed by atoms with Gasteiger partial charge in [0.15, 0.2) is 6.10 Å². The zero-order valence-corrected chi connectivity index (χ0v) is 11.9. The van der Waals surface area contributed by atoms with Crippen molar-refractivity contribution in [2.75, 3.05) is 19.8 Å². The molecule has 4 nitrogen and oxygen atoms in total. The lowest BCUT2D eigenvalue weighted by Crippen LogP contribution is -2.37. The van der Waals surface area contributed by atoms with E-state index in [0.717, 1.165) is 17.7 Å². The smallest absolute Gasteiger partial charge is 0.260 e. The van der Waals surface area contributed by atoms with Gasteiger partial charge in [-0.05, 0) is 38.8 Å². The first-order valence-corrected chi connectivity index (χ1v) is 6.73. The van der Waals surface area contributed by atoms with E-state index in [-0.39, 0.29) is 5.91 Å². The van der Waals surface area contributed by atoms with Gasteiger partial charge in [0, 0.05) is 19.8 Å². The van der Waals surface area contributed by atoms with Crippen molar-refractivity contribution in [3.63, 3.8) is 0 Å². The van der Waals surface area contributed by atoms with Crippen molar-refractivity contribution < 1.29 is 14.3 Å².